The minimum absolute atomic E-state index is 0.119. The van der Waals surface area contributed by atoms with Gasteiger partial charge >= 0.3 is 0 Å². The Hall–Kier alpha value is -4.17. The Labute approximate surface area is 181 Å². The number of fused-ring (bicyclic) bond motifs is 1. The van der Waals surface area contributed by atoms with Crippen LogP contribution in [0.15, 0.2) is 90.2 Å². The van der Waals surface area contributed by atoms with E-state index in [0.717, 1.165) is 27.6 Å². The number of amides is 1. The lowest BCUT2D eigenvalue weighted by molar-refractivity contribution is -0.121. The van der Waals surface area contributed by atoms with Crippen molar-refractivity contribution in [3.63, 3.8) is 0 Å². The Morgan fingerprint density at radius 1 is 1.00 bits per heavy atom. The third kappa shape index (κ3) is 4.88. The molecule has 1 amide bonds. The van der Waals surface area contributed by atoms with Crippen molar-refractivity contribution >= 4 is 23.0 Å². The van der Waals surface area contributed by atoms with E-state index in [4.69, 9.17) is 0 Å². The molecule has 4 aromatic rings. The topological polar surface area (TPSA) is 70.2 Å². The lowest BCUT2D eigenvalue weighted by Gasteiger charge is -2.07. The highest BCUT2D eigenvalue weighted by atomic mass is 16.2. The van der Waals surface area contributed by atoms with E-state index in [9.17, 15) is 10.1 Å². The van der Waals surface area contributed by atoms with Gasteiger partial charge in [-0.3, -0.25) is 4.79 Å². The van der Waals surface area contributed by atoms with Crippen LogP contribution in [0.5, 0.6) is 0 Å². The zero-order valence-electron chi connectivity index (χ0n) is 17.0. The van der Waals surface area contributed by atoms with Crippen LogP contribution < -0.4 is 5.43 Å². The summed E-state index contributed by atoms with van der Waals surface area (Å²) in [6, 6.07) is 27.8. The minimum atomic E-state index is -0.119. The predicted molar refractivity (Wildman–Crippen MR) is 123 cm³/mol. The van der Waals surface area contributed by atoms with Crippen molar-refractivity contribution in [2.24, 2.45) is 5.10 Å². The number of nitrogens with zero attached hydrogens (tertiary/aromatic N) is 3. The second kappa shape index (κ2) is 9.55. The number of hydrogen-bond acceptors (Lipinski definition) is 3. The summed E-state index contributed by atoms with van der Waals surface area (Å²) in [7, 11) is 0. The Kier molecular flexibility index (Phi) is 6.20. The van der Waals surface area contributed by atoms with Gasteiger partial charge < -0.3 is 4.57 Å². The molecule has 31 heavy (non-hydrogen) atoms. The zero-order chi connectivity index (χ0) is 21.5. The zero-order valence-corrected chi connectivity index (χ0v) is 17.0. The molecule has 0 unspecified atom stereocenters. The molecule has 1 N–H and O–H groups in total. The largest absolute Gasteiger partial charge is 0.342 e. The van der Waals surface area contributed by atoms with Gasteiger partial charge in [0.15, 0.2) is 0 Å². The molecule has 0 spiro atoms. The van der Waals surface area contributed by atoms with E-state index in [2.05, 4.69) is 21.2 Å². The standard InChI is InChI=1S/C26H22N4O/c27-16-21-10-4-5-11-22(21)18-30-19-23(24-12-6-7-13-25(24)30)17-28-29-26(31)15-14-20-8-2-1-3-9-20/h1-13,17,19H,14-15,18H2,(H,29,31)/b28-17-. The van der Waals surface area contributed by atoms with Crippen molar-refractivity contribution in [2.45, 2.75) is 19.4 Å². The maximum atomic E-state index is 12.1. The van der Waals surface area contributed by atoms with Gasteiger partial charge in [-0.2, -0.15) is 10.4 Å². The smallest absolute Gasteiger partial charge is 0.240 e. The highest BCUT2D eigenvalue weighted by Gasteiger charge is 2.09. The SMILES string of the molecule is N#Cc1ccccc1Cn1cc(/C=N\NC(=O)CCc2ccccc2)c2ccccc21. The van der Waals surface area contributed by atoms with Gasteiger partial charge in [0.25, 0.3) is 0 Å². The number of carbonyl (C=O) groups is 1. The van der Waals surface area contributed by atoms with E-state index in [1.54, 1.807) is 6.21 Å². The number of aryl methyl sites for hydroxylation is 1. The predicted octanol–water partition coefficient (Wildman–Crippen LogP) is 4.64. The Morgan fingerprint density at radius 3 is 2.58 bits per heavy atom. The normalized spacial score (nSPS) is 10.9. The second-order valence-corrected chi connectivity index (χ2v) is 7.28. The highest BCUT2D eigenvalue weighted by molar-refractivity contribution is 5.99. The number of aromatic nitrogens is 1. The minimum Gasteiger partial charge on any atom is -0.342 e. The number of nitriles is 1. The van der Waals surface area contributed by atoms with Gasteiger partial charge in [-0.25, -0.2) is 5.43 Å². The Morgan fingerprint density at radius 2 is 1.74 bits per heavy atom. The summed E-state index contributed by atoms with van der Waals surface area (Å²) in [5, 5.41) is 14.6. The molecular weight excluding hydrogens is 384 g/mol. The molecular formula is C26H22N4O. The van der Waals surface area contributed by atoms with Gasteiger partial charge in [0.1, 0.15) is 0 Å². The maximum Gasteiger partial charge on any atom is 0.240 e. The van der Waals surface area contributed by atoms with Crippen LogP contribution in [0.3, 0.4) is 0 Å². The van der Waals surface area contributed by atoms with Gasteiger partial charge in [-0.1, -0.05) is 66.7 Å². The first kappa shape index (κ1) is 20.1. The third-order valence-electron chi connectivity index (χ3n) is 5.17. The summed E-state index contributed by atoms with van der Waals surface area (Å²) in [4.78, 5) is 12.1. The fourth-order valence-electron chi connectivity index (χ4n) is 3.59. The molecule has 5 heteroatoms. The molecule has 4 rings (SSSR count). The van der Waals surface area contributed by atoms with Crippen LogP contribution >= 0.6 is 0 Å². The average molecular weight is 406 g/mol. The van der Waals surface area contributed by atoms with Crippen molar-refractivity contribution in [3.8, 4) is 6.07 Å². The quantitative estimate of drug-likeness (QED) is 0.359. The van der Waals surface area contributed by atoms with E-state index in [1.807, 2.05) is 85.1 Å². The summed E-state index contributed by atoms with van der Waals surface area (Å²) in [6.45, 7) is 0.585. The van der Waals surface area contributed by atoms with Crippen molar-refractivity contribution < 1.29 is 4.79 Å². The monoisotopic (exact) mass is 406 g/mol. The van der Waals surface area contributed by atoms with Crippen LogP contribution in [0.1, 0.15) is 28.7 Å². The molecule has 3 aromatic carbocycles. The molecule has 0 atom stereocenters. The number of hydrogen-bond donors (Lipinski definition) is 1. The number of benzene rings is 3. The maximum absolute atomic E-state index is 12.1. The molecule has 152 valence electrons. The average Bonchev–Trinajstić information content (AvgIpc) is 3.16. The van der Waals surface area contributed by atoms with Crippen LogP contribution in [0.25, 0.3) is 10.9 Å². The molecule has 1 heterocycles. The Balaban J connectivity index is 1.48. The first-order valence-electron chi connectivity index (χ1n) is 10.2. The molecule has 0 aliphatic rings. The number of hydrazone groups is 1. The van der Waals surface area contributed by atoms with E-state index in [1.165, 1.54) is 0 Å². The van der Waals surface area contributed by atoms with Gasteiger partial charge in [0.2, 0.25) is 5.91 Å². The van der Waals surface area contributed by atoms with Crippen molar-refractivity contribution in [3.05, 3.63) is 107 Å². The molecule has 0 fully saturated rings. The summed E-state index contributed by atoms with van der Waals surface area (Å²) in [6.07, 6.45) is 4.74. The van der Waals surface area contributed by atoms with Crippen LogP contribution in [-0.4, -0.2) is 16.7 Å². The van der Waals surface area contributed by atoms with E-state index in [0.29, 0.717) is 24.9 Å². The molecule has 1 aromatic heterocycles. The van der Waals surface area contributed by atoms with Crippen LogP contribution in [0.2, 0.25) is 0 Å². The molecule has 5 nitrogen and oxygen atoms in total. The first-order valence-corrected chi connectivity index (χ1v) is 10.2. The van der Waals surface area contributed by atoms with Crippen molar-refractivity contribution in [1.82, 2.24) is 9.99 Å². The molecule has 0 saturated carbocycles. The van der Waals surface area contributed by atoms with Crippen LogP contribution in [-0.2, 0) is 17.8 Å². The van der Waals surface area contributed by atoms with Crippen LogP contribution in [0, 0.1) is 11.3 Å². The number of rotatable bonds is 7. The number of para-hydroxylation sites is 1. The first-order chi connectivity index (χ1) is 15.2. The Bertz CT molecular complexity index is 1270. The lowest BCUT2D eigenvalue weighted by atomic mass is 10.1. The third-order valence-corrected chi connectivity index (χ3v) is 5.17. The van der Waals surface area contributed by atoms with Gasteiger partial charge in [-0.15, -0.1) is 0 Å². The van der Waals surface area contributed by atoms with Crippen molar-refractivity contribution in [1.29, 1.82) is 5.26 Å². The summed E-state index contributed by atoms with van der Waals surface area (Å²) >= 11 is 0. The molecule has 0 radical (unpaired) electrons. The summed E-state index contributed by atoms with van der Waals surface area (Å²) < 4.78 is 2.10. The molecule has 0 aliphatic carbocycles. The molecule has 0 aliphatic heterocycles. The highest BCUT2D eigenvalue weighted by Crippen LogP contribution is 2.22. The van der Waals surface area contributed by atoms with Crippen LogP contribution in [0.4, 0.5) is 0 Å². The number of nitrogens with one attached hydrogen (secondary N) is 1. The fraction of sp³-hybridized carbons (Fsp3) is 0.115. The second-order valence-electron chi connectivity index (χ2n) is 7.28. The van der Waals surface area contributed by atoms with E-state index >= 15 is 0 Å². The lowest BCUT2D eigenvalue weighted by Crippen LogP contribution is -2.17. The summed E-state index contributed by atoms with van der Waals surface area (Å²) in [5.74, 6) is -0.119. The molecule has 0 saturated heterocycles. The van der Waals surface area contributed by atoms with Crippen molar-refractivity contribution in [2.75, 3.05) is 0 Å². The van der Waals surface area contributed by atoms with E-state index in [-0.39, 0.29) is 5.91 Å². The fourth-order valence-corrected chi connectivity index (χ4v) is 3.59. The summed E-state index contributed by atoms with van der Waals surface area (Å²) in [5.41, 5.74) is 7.34. The van der Waals surface area contributed by atoms with E-state index < -0.39 is 0 Å². The molecule has 0 bridgehead atoms. The van der Waals surface area contributed by atoms with Gasteiger partial charge in [-0.05, 0) is 29.7 Å². The van der Waals surface area contributed by atoms with Gasteiger partial charge in [0.05, 0.1) is 17.8 Å². The van der Waals surface area contributed by atoms with Gasteiger partial charge in [0, 0.05) is 35.6 Å². The number of carbonyl (C=O) groups excluding carboxylic acids is 1.